The number of hydrogen-bond donors (Lipinski definition) is 2. The standard InChI is InChI=1S/C20H18N4O5/c1-2-29-19(27)14-8-3-4-9-16(14)23-17(25)15-11-22-20(28)24(18(15)26)12-13-7-5-6-10-21-13/h3-11H,2,12H2,1H3,(H,22,28)(H,23,25). The molecule has 0 bridgehead atoms. The van der Waals surface area contributed by atoms with Crippen molar-refractivity contribution in [1.29, 1.82) is 0 Å². The van der Waals surface area contributed by atoms with Crippen LogP contribution in [0, 0.1) is 0 Å². The summed E-state index contributed by atoms with van der Waals surface area (Å²) in [7, 11) is 0. The molecule has 0 unspecified atom stereocenters. The number of aromatic amines is 1. The van der Waals surface area contributed by atoms with E-state index in [0.717, 1.165) is 10.8 Å². The Hall–Kier alpha value is -4.01. The van der Waals surface area contributed by atoms with Gasteiger partial charge in [-0.2, -0.15) is 0 Å². The largest absolute Gasteiger partial charge is 0.462 e. The number of carbonyl (C=O) groups excluding carboxylic acids is 2. The highest BCUT2D eigenvalue weighted by atomic mass is 16.5. The Labute approximate surface area is 165 Å². The van der Waals surface area contributed by atoms with Gasteiger partial charge >= 0.3 is 11.7 Å². The van der Waals surface area contributed by atoms with Crippen LogP contribution in [0.1, 0.15) is 33.3 Å². The molecule has 0 saturated carbocycles. The number of benzene rings is 1. The van der Waals surface area contributed by atoms with E-state index in [1.54, 1.807) is 37.3 Å². The first-order chi connectivity index (χ1) is 14.0. The molecule has 0 atom stereocenters. The fourth-order valence-corrected chi connectivity index (χ4v) is 2.64. The molecule has 1 amide bonds. The van der Waals surface area contributed by atoms with Crippen LogP contribution in [0.3, 0.4) is 0 Å². The molecule has 29 heavy (non-hydrogen) atoms. The third-order valence-corrected chi connectivity index (χ3v) is 4.02. The first-order valence-corrected chi connectivity index (χ1v) is 8.81. The average Bonchev–Trinajstić information content (AvgIpc) is 2.72. The third-order valence-electron chi connectivity index (χ3n) is 4.02. The first-order valence-electron chi connectivity index (χ1n) is 8.81. The van der Waals surface area contributed by atoms with E-state index in [0.29, 0.717) is 5.69 Å². The van der Waals surface area contributed by atoms with Crippen LogP contribution in [0.4, 0.5) is 5.69 Å². The topological polar surface area (TPSA) is 123 Å². The monoisotopic (exact) mass is 394 g/mol. The number of amides is 1. The number of pyridine rings is 1. The molecule has 0 saturated heterocycles. The number of carbonyl (C=O) groups is 2. The molecule has 9 nitrogen and oxygen atoms in total. The Balaban J connectivity index is 1.92. The van der Waals surface area contributed by atoms with Crippen molar-refractivity contribution < 1.29 is 14.3 Å². The third kappa shape index (κ3) is 4.46. The molecule has 9 heteroatoms. The molecular formula is C20H18N4O5. The van der Waals surface area contributed by atoms with Crippen molar-refractivity contribution in [2.45, 2.75) is 13.5 Å². The molecule has 2 aromatic heterocycles. The first kappa shape index (κ1) is 19.7. The summed E-state index contributed by atoms with van der Waals surface area (Å²) in [6.07, 6.45) is 2.58. The number of H-pyrrole nitrogens is 1. The van der Waals surface area contributed by atoms with E-state index in [9.17, 15) is 19.2 Å². The van der Waals surface area contributed by atoms with Gasteiger partial charge in [0.25, 0.3) is 11.5 Å². The smallest absolute Gasteiger partial charge is 0.340 e. The van der Waals surface area contributed by atoms with Gasteiger partial charge in [0.2, 0.25) is 0 Å². The molecule has 0 aliphatic rings. The van der Waals surface area contributed by atoms with Crippen LogP contribution in [-0.2, 0) is 11.3 Å². The molecule has 0 aliphatic carbocycles. The molecule has 0 fully saturated rings. The number of rotatable bonds is 6. The maximum absolute atomic E-state index is 12.7. The maximum atomic E-state index is 12.7. The lowest BCUT2D eigenvalue weighted by Crippen LogP contribution is -2.39. The zero-order valence-corrected chi connectivity index (χ0v) is 15.5. The van der Waals surface area contributed by atoms with Crippen molar-refractivity contribution in [3.8, 4) is 0 Å². The number of aromatic nitrogens is 3. The van der Waals surface area contributed by atoms with E-state index in [4.69, 9.17) is 4.74 Å². The summed E-state index contributed by atoms with van der Waals surface area (Å²) in [5.41, 5.74) is -0.877. The predicted molar refractivity (Wildman–Crippen MR) is 105 cm³/mol. The lowest BCUT2D eigenvalue weighted by Gasteiger charge is -2.11. The van der Waals surface area contributed by atoms with Gasteiger partial charge in [-0.15, -0.1) is 0 Å². The van der Waals surface area contributed by atoms with E-state index in [1.807, 2.05) is 0 Å². The molecule has 1 aromatic carbocycles. The minimum atomic E-state index is -0.773. The van der Waals surface area contributed by atoms with Crippen molar-refractivity contribution in [2.75, 3.05) is 11.9 Å². The number of hydrogen-bond acceptors (Lipinski definition) is 6. The molecular weight excluding hydrogens is 376 g/mol. The molecule has 0 aliphatic heterocycles. The van der Waals surface area contributed by atoms with Gasteiger partial charge in [-0.05, 0) is 31.2 Å². The average molecular weight is 394 g/mol. The number of para-hydroxylation sites is 1. The quantitative estimate of drug-likeness (QED) is 0.610. The Kier molecular flexibility index (Phi) is 5.98. The van der Waals surface area contributed by atoms with Gasteiger partial charge in [0.15, 0.2) is 0 Å². The minimum Gasteiger partial charge on any atom is -0.462 e. The Morgan fingerprint density at radius 2 is 1.86 bits per heavy atom. The van der Waals surface area contributed by atoms with Crippen LogP contribution in [0.25, 0.3) is 0 Å². The van der Waals surface area contributed by atoms with Gasteiger partial charge in [-0.3, -0.25) is 19.1 Å². The van der Waals surface area contributed by atoms with Gasteiger partial charge in [0, 0.05) is 12.4 Å². The van der Waals surface area contributed by atoms with Crippen molar-refractivity contribution in [3.63, 3.8) is 0 Å². The van der Waals surface area contributed by atoms with Crippen molar-refractivity contribution in [3.05, 3.63) is 92.5 Å². The molecule has 0 spiro atoms. The van der Waals surface area contributed by atoms with Gasteiger partial charge in [-0.25, -0.2) is 9.59 Å². The van der Waals surface area contributed by atoms with Crippen LogP contribution in [0.5, 0.6) is 0 Å². The molecule has 3 rings (SSSR count). The summed E-state index contributed by atoms with van der Waals surface area (Å²) in [5.74, 6) is -1.37. The molecule has 148 valence electrons. The summed E-state index contributed by atoms with van der Waals surface area (Å²) >= 11 is 0. The number of anilines is 1. The van der Waals surface area contributed by atoms with Gasteiger partial charge in [-0.1, -0.05) is 18.2 Å². The summed E-state index contributed by atoms with van der Waals surface area (Å²) in [6.45, 7) is 1.76. The van der Waals surface area contributed by atoms with E-state index in [2.05, 4.69) is 15.3 Å². The molecule has 3 aromatic rings. The fourth-order valence-electron chi connectivity index (χ4n) is 2.64. The molecule has 0 radical (unpaired) electrons. The summed E-state index contributed by atoms with van der Waals surface area (Å²) in [6, 6.07) is 11.4. The normalized spacial score (nSPS) is 10.4. The van der Waals surface area contributed by atoms with Crippen molar-refractivity contribution >= 4 is 17.6 Å². The van der Waals surface area contributed by atoms with Crippen LogP contribution in [0.15, 0.2) is 64.4 Å². The fraction of sp³-hybridized carbons (Fsp3) is 0.150. The SMILES string of the molecule is CCOC(=O)c1ccccc1NC(=O)c1c[nH]c(=O)n(Cc2ccccn2)c1=O. The molecule has 2 N–H and O–H groups in total. The van der Waals surface area contributed by atoms with E-state index in [1.165, 1.54) is 18.3 Å². The highest BCUT2D eigenvalue weighted by Crippen LogP contribution is 2.16. The Morgan fingerprint density at radius 3 is 2.59 bits per heavy atom. The van der Waals surface area contributed by atoms with Gasteiger partial charge < -0.3 is 15.0 Å². The number of nitrogens with one attached hydrogen (secondary N) is 2. The van der Waals surface area contributed by atoms with Gasteiger partial charge in [0.1, 0.15) is 5.56 Å². The van der Waals surface area contributed by atoms with Crippen LogP contribution < -0.4 is 16.6 Å². The second-order valence-corrected chi connectivity index (χ2v) is 5.94. The van der Waals surface area contributed by atoms with Crippen molar-refractivity contribution in [2.24, 2.45) is 0 Å². The van der Waals surface area contributed by atoms with Crippen LogP contribution >= 0.6 is 0 Å². The second kappa shape index (κ2) is 8.79. The second-order valence-electron chi connectivity index (χ2n) is 5.94. The lowest BCUT2D eigenvalue weighted by molar-refractivity contribution is 0.0527. The van der Waals surface area contributed by atoms with Gasteiger partial charge in [0.05, 0.1) is 30.1 Å². The van der Waals surface area contributed by atoms with Crippen molar-refractivity contribution in [1.82, 2.24) is 14.5 Å². The molecule has 2 heterocycles. The number of nitrogens with zero attached hydrogens (tertiary/aromatic N) is 2. The van der Waals surface area contributed by atoms with Crippen LogP contribution in [-0.4, -0.2) is 33.0 Å². The summed E-state index contributed by atoms with van der Waals surface area (Å²) in [5, 5.41) is 2.53. The predicted octanol–water partition coefficient (Wildman–Crippen LogP) is 1.41. The zero-order valence-electron chi connectivity index (χ0n) is 15.5. The Bertz CT molecular complexity index is 1150. The highest BCUT2D eigenvalue weighted by Gasteiger charge is 2.18. The Morgan fingerprint density at radius 1 is 1.10 bits per heavy atom. The maximum Gasteiger partial charge on any atom is 0.340 e. The van der Waals surface area contributed by atoms with E-state index in [-0.39, 0.29) is 30.0 Å². The summed E-state index contributed by atoms with van der Waals surface area (Å²) < 4.78 is 5.85. The number of esters is 1. The van der Waals surface area contributed by atoms with E-state index >= 15 is 0 Å². The minimum absolute atomic E-state index is 0.0878. The zero-order chi connectivity index (χ0) is 20.8. The summed E-state index contributed by atoms with van der Waals surface area (Å²) in [4.78, 5) is 56.0. The number of ether oxygens (including phenoxy) is 1. The lowest BCUT2D eigenvalue weighted by atomic mass is 10.1. The van der Waals surface area contributed by atoms with E-state index < -0.39 is 23.1 Å². The van der Waals surface area contributed by atoms with Crippen LogP contribution in [0.2, 0.25) is 0 Å². The highest BCUT2D eigenvalue weighted by molar-refractivity contribution is 6.07.